The Morgan fingerprint density at radius 1 is 1.14 bits per heavy atom. The van der Waals surface area contributed by atoms with Crippen molar-refractivity contribution >= 4 is 0 Å². The Bertz CT molecular complexity index is 721. The molecular formula is C19H20FNO. The fraction of sp³-hybridized carbons (Fsp3) is 0.684. The average Bonchev–Trinajstić information content (AvgIpc) is 3.09. The van der Waals surface area contributed by atoms with Crippen molar-refractivity contribution in [1.82, 2.24) is 4.90 Å². The van der Waals surface area contributed by atoms with Crippen LogP contribution in [0.25, 0.3) is 0 Å². The molecule has 2 saturated heterocycles. The zero-order chi connectivity index (χ0) is 14.4. The Labute approximate surface area is 129 Å². The van der Waals surface area contributed by atoms with Gasteiger partial charge in [-0.25, -0.2) is 4.39 Å². The van der Waals surface area contributed by atoms with E-state index in [0.29, 0.717) is 17.9 Å². The summed E-state index contributed by atoms with van der Waals surface area (Å²) in [7, 11) is 0. The molecule has 0 amide bonds. The van der Waals surface area contributed by atoms with E-state index in [1.807, 2.05) is 6.07 Å². The fourth-order valence-electron chi connectivity index (χ4n) is 8.81. The number of hydrogen-bond acceptors (Lipinski definition) is 2. The normalized spacial score (nSPS) is 60.9. The Kier molecular flexibility index (Phi) is 1.66. The van der Waals surface area contributed by atoms with Crippen molar-refractivity contribution in [3.63, 3.8) is 0 Å². The maximum absolute atomic E-state index is 13.4. The molecule has 7 fully saturated rings. The van der Waals surface area contributed by atoms with Gasteiger partial charge in [0.1, 0.15) is 11.5 Å². The van der Waals surface area contributed by atoms with Gasteiger partial charge in [0.25, 0.3) is 0 Å². The van der Waals surface area contributed by atoms with Gasteiger partial charge in [0.2, 0.25) is 0 Å². The van der Waals surface area contributed by atoms with Gasteiger partial charge in [-0.2, -0.15) is 0 Å². The van der Waals surface area contributed by atoms with Gasteiger partial charge in [-0.3, -0.25) is 4.90 Å². The second-order valence-electron chi connectivity index (χ2n) is 8.77. The predicted octanol–water partition coefficient (Wildman–Crippen LogP) is 2.13. The van der Waals surface area contributed by atoms with Gasteiger partial charge in [0, 0.05) is 24.4 Å². The molecule has 3 heteroatoms. The average molecular weight is 297 g/mol. The van der Waals surface area contributed by atoms with Crippen LogP contribution in [0.1, 0.15) is 12.0 Å². The quantitative estimate of drug-likeness (QED) is 0.924. The molecule has 1 N–H and O–H groups in total. The highest BCUT2D eigenvalue weighted by Crippen LogP contribution is 2.90. The molecule has 2 heterocycles. The van der Waals surface area contributed by atoms with Gasteiger partial charge in [0.05, 0.1) is 0 Å². The van der Waals surface area contributed by atoms with Crippen LogP contribution in [0.5, 0.6) is 0 Å². The highest BCUT2D eigenvalue weighted by atomic mass is 19.1. The summed E-state index contributed by atoms with van der Waals surface area (Å²) in [4.78, 5) is 2.48. The Hall–Kier alpha value is -0.930. The lowest BCUT2D eigenvalue weighted by Gasteiger charge is -2.45. The van der Waals surface area contributed by atoms with Crippen LogP contribution in [-0.2, 0) is 6.42 Å². The smallest absolute Gasteiger partial charge is 0.125 e. The topological polar surface area (TPSA) is 23.5 Å². The molecule has 0 aromatic heterocycles. The molecule has 1 aromatic rings. The lowest BCUT2D eigenvalue weighted by Crippen LogP contribution is -2.51. The van der Waals surface area contributed by atoms with Crippen molar-refractivity contribution in [3.05, 3.63) is 35.6 Å². The highest BCUT2D eigenvalue weighted by molar-refractivity contribution is 5.40. The van der Waals surface area contributed by atoms with Crippen molar-refractivity contribution < 1.29 is 9.50 Å². The number of halogens is 1. The van der Waals surface area contributed by atoms with Crippen molar-refractivity contribution in [2.75, 3.05) is 6.54 Å². The molecular weight excluding hydrogens is 277 g/mol. The minimum absolute atomic E-state index is 0.147. The van der Waals surface area contributed by atoms with E-state index in [4.69, 9.17) is 0 Å². The van der Waals surface area contributed by atoms with Crippen LogP contribution in [0.15, 0.2) is 24.3 Å². The van der Waals surface area contributed by atoms with Crippen LogP contribution >= 0.6 is 0 Å². The molecule has 7 aliphatic rings. The summed E-state index contributed by atoms with van der Waals surface area (Å²) < 4.78 is 13.4. The summed E-state index contributed by atoms with van der Waals surface area (Å²) in [5.41, 5.74) is 0.580. The molecule has 0 radical (unpaired) electrons. The molecule has 10 atom stereocenters. The van der Waals surface area contributed by atoms with Gasteiger partial charge in [-0.1, -0.05) is 12.1 Å². The van der Waals surface area contributed by atoms with E-state index in [-0.39, 0.29) is 5.82 Å². The van der Waals surface area contributed by atoms with Crippen LogP contribution < -0.4 is 0 Å². The fourth-order valence-corrected chi connectivity index (χ4v) is 8.81. The first-order valence-electron chi connectivity index (χ1n) is 8.95. The molecule has 2 nitrogen and oxygen atoms in total. The minimum atomic E-state index is -0.482. The largest absolute Gasteiger partial charge is 0.375 e. The number of nitrogens with zero attached hydrogens (tertiary/aromatic N) is 1. The summed E-state index contributed by atoms with van der Waals surface area (Å²) in [6.45, 7) is 0.906. The second-order valence-corrected chi connectivity index (χ2v) is 8.77. The van der Waals surface area contributed by atoms with Crippen LogP contribution in [0.3, 0.4) is 0 Å². The molecule has 5 aliphatic carbocycles. The van der Waals surface area contributed by atoms with Gasteiger partial charge in [-0.15, -0.1) is 0 Å². The third-order valence-electron chi connectivity index (χ3n) is 8.74. The summed E-state index contributed by atoms with van der Waals surface area (Å²) in [6.07, 6.45) is 2.29. The molecule has 4 bridgehead atoms. The molecule has 114 valence electrons. The summed E-state index contributed by atoms with van der Waals surface area (Å²) in [5, 5.41) is 11.6. The lowest BCUT2D eigenvalue weighted by atomic mass is 9.59. The van der Waals surface area contributed by atoms with E-state index in [2.05, 4.69) is 4.90 Å². The van der Waals surface area contributed by atoms with Crippen LogP contribution in [-0.4, -0.2) is 28.3 Å². The first-order chi connectivity index (χ1) is 10.7. The van der Waals surface area contributed by atoms with E-state index >= 15 is 0 Å². The molecule has 0 unspecified atom stereocenters. The maximum Gasteiger partial charge on any atom is 0.125 e. The minimum Gasteiger partial charge on any atom is -0.375 e. The van der Waals surface area contributed by atoms with Gasteiger partial charge < -0.3 is 5.11 Å². The van der Waals surface area contributed by atoms with Crippen LogP contribution in [0.2, 0.25) is 0 Å². The molecule has 1 aromatic carbocycles. The van der Waals surface area contributed by atoms with Crippen molar-refractivity contribution in [2.45, 2.75) is 24.6 Å². The summed E-state index contributed by atoms with van der Waals surface area (Å²) in [5.74, 6) is 6.25. The van der Waals surface area contributed by atoms with Gasteiger partial charge >= 0.3 is 0 Å². The van der Waals surface area contributed by atoms with Gasteiger partial charge in [-0.05, 0) is 66.0 Å². The Morgan fingerprint density at radius 2 is 2.05 bits per heavy atom. The maximum atomic E-state index is 13.4. The predicted molar refractivity (Wildman–Crippen MR) is 78.1 cm³/mol. The molecule has 0 spiro atoms. The standard InChI is InChI=1S/C19H20FNO/c20-9-3-1-2-8(6-9)4-5-21-18-14-10-7-11-13-12(10)15(18)17(13)19(21,22)16(11)14/h1-3,6,10-18,22H,4-5,7H2/t10-,11+,12+,13-,14+,15+,16-,17+,18-,19-/m1/s1. The zero-order valence-electron chi connectivity index (χ0n) is 12.4. The van der Waals surface area contributed by atoms with Crippen LogP contribution in [0.4, 0.5) is 4.39 Å². The first kappa shape index (κ1) is 11.6. The van der Waals surface area contributed by atoms with E-state index < -0.39 is 5.72 Å². The summed E-state index contributed by atoms with van der Waals surface area (Å²) in [6, 6.07) is 7.62. The monoisotopic (exact) mass is 297 g/mol. The number of aliphatic hydroxyl groups is 1. The third kappa shape index (κ3) is 0.881. The lowest BCUT2D eigenvalue weighted by molar-refractivity contribution is -0.130. The molecule has 8 rings (SSSR count). The SMILES string of the molecule is O[C@@]12[C@H]3[C@@H]4[C@@H]5C[C@@H]6[C@@H]4[C@@H]3[C@@H]([C@@H]6[C@@H]51)N2CCc1cccc(F)c1. The molecule has 2 aliphatic heterocycles. The third-order valence-corrected chi connectivity index (χ3v) is 8.74. The van der Waals surface area contributed by atoms with E-state index in [0.717, 1.165) is 54.0 Å². The van der Waals surface area contributed by atoms with Crippen molar-refractivity contribution in [3.8, 4) is 0 Å². The number of benzene rings is 1. The van der Waals surface area contributed by atoms with E-state index in [1.54, 1.807) is 12.1 Å². The van der Waals surface area contributed by atoms with E-state index in [9.17, 15) is 9.50 Å². The molecule has 22 heavy (non-hydrogen) atoms. The number of rotatable bonds is 3. The zero-order valence-corrected chi connectivity index (χ0v) is 12.4. The Balaban J connectivity index is 1.25. The second kappa shape index (κ2) is 3.16. The van der Waals surface area contributed by atoms with Crippen LogP contribution in [0, 0.1) is 53.2 Å². The number of hydrogen-bond donors (Lipinski definition) is 1. The van der Waals surface area contributed by atoms with E-state index in [1.165, 1.54) is 12.5 Å². The highest BCUT2D eigenvalue weighted by Gasteiger charge is 2.93. The van der Waals surface area contributed by atoms with Crippen molar-refractivity contribution in [2.24, 2.45) is 47.3 Å². The van der Waals surface area contributed by atoms with Crippen molar-refractivity contribution in [1.29, 1.82) is 0 Å². The summed E-state index contributed by atoms with van der Waals surface area (Å²) >= 11 is 0. The van der Waals surface area contributed by atoms with Gasteiger partial charge in [0.15, 0.2) is 0 Å². The Morgan fingerprint density at radius 3 is 2.91 bits per heavy atom. The first-order valence-corrected chi connectivity index (χ1v) is 8.95. The molecule has 5 saturated carbocycles.